The monoisotopic (exact) mass is 396 g/mol. The van der Waals surface area contributed by atoms with Gasteiger partial charge in [-0.25, -0.2) is 9.97 Å². The van der Waals surface area contributed by atoms with Gasteiger partial charge in [0.2, 0.25) is 5.88 Å². The van der Waals surface area contributed by atoms with Crippen molar-refractivity contribution in [3.8, 4) is 29.2 Å². The quantitative estimate of drug-likeness (QED) is 0.461. The average Bonchev–Trinajstić information content (AvgIpc) is 2.81. The summed E-state index contributed by atoms with van der Waals surface area (Å²) < 4.78 is 16.7. The lowest BCUT2D eigenvalue weighted by Crippen LogP contribution is -1.96. The van der Waals surface area contributed by atoms with Crippen LogP contribution in [0, 0.1) is 11.8 Å². The molecule has 1 aromatic heterocycles. The first-order valence-corrected chi connectivity index (χ1v) is 9.42. The molecule has 0 unspecified atom stereocenters. The summed E-state index contributed by atoms with van der Waals surface area (Å²) >= 11 is 0. The second-order valence-corrected chi connectivity index (χ2v) is 6.50. The Morgan fingerprint density at radius 1 is 0.833 bits per heavy atom. The fourth-order valence-electron chi connectivity index (χ4n) is 3.03. The van der Waals surface area contributed by atoms with Gasteiger partial charge in [-0.05, 0) is 42.0 Å². The number of aromatic nitrogens is 2. The van der Waals surface area contributed by atoms with E-state index in [1.54, 1.807) is 14.2 Å². The van der Waals surface area contributed by atoms with Crippen molar-refractivity contribution in [3.63, 3.8) is 0 Å². The summed E-state index contributed by atoms with van der Waals surface area (Å²) in [5, 5.41) is 0.818. The van der Waals surface area contributed by atoms with Gasteiger partial charge in [0, 0.05) is 5.56 Å². The number of hydrogen-bond donors (Lipinski definition) is 0. The van der Waals surface area contributed by atoms with E-state index in [9.17, 15) is 0 Å². The SMILES string of the molecule is COc1ccc(OCc2ccccc2)cc1C#Cc1ccc2ncnc(OC)c2c1. The molecule has 0 aliphatic carbocycles. The number of hydrogen-bond acceptors (Lipinski definition) is 5. The van der Waals surface area contributed by atoms with Crippen LogP contribution in [0.3, 0.4) is 0 Å². The van der Waals surface area contributed by atoms with Crippen molar-refractivity contribution in [2.75, 3.05) is 14.2 Å². The molecule has 0 amide bonds. The van der Waals surface area contributed by atoms with Crippen molar-refractivity contribution in [2.24, 2.45) is 0 Å². The van der Waals surface area contributed by atoms with Crippen LogP contribution in [0.1, 0.15) is 16.7 Å². The Bertz CT molecular complexity index is 1230. The molecular weight excluding hydrogens is 376 g/mol. The zero-order chi connectivity index (χ0) is 20.8. The molecule has 148 valence electrons. The minimum atomic E-state index is 0.491. The van der Waals surface area contributed by atoms with Crippen LogP contribution in [-0.2, 0) is 6.61 Å². The van der Waals surface area contributed by atoms with Gasteiger partial charge in [-0.3, -0.25) is 0 Å². The summed E-state index contributed by atoms with van der Waals surface area (Å²) in [6.45, 7) is 0.491. The van der Waals surface area contributed by atoms with Crippen molar-refractivity contribution < 1.29 is 14.2 Å². The molecule has 0 aliphatic heterocycles. The van der Waals surface area contributed by atoms with Crippen LogP contribution >= 0.6 is 0 Å². The van der Waals surface area contributed by atoms with Gasteiger partial charge in [0.25, 0.3) is 0 Å². The minimum absolute atomic E-state index is 0.491. The van der Waals surface area contributed by atoms with Gasteiger partial charge in [-0.2, -0.15) is 0 Å². The summed E-state index contributed by atoms with van der Waals surface area (Å²) in [6, 6.07) is 21.4. The Morgan fingerprint density at radius 2 is 1.70 bits per heavy atom. The van der Waals surface area contributed by atoms with Crippen molar-refractivity contribution in [1.29, 1.82) is 0 Å². The lowest BCUT2D eigenvalue weighted by atomic mass is 10.1. The number of ether oxygens (including phenoxy) is 3. The predicted molar refractivity (Wildman–Crippen MR) is 116 cm³/mol. The molecule has 0 saturated carbocycles. The number of rotatable bonds is 5. The molecule has 0 saturated heterocycles. The summed E-state index contributed by atoms with van der Waals surface area (Å²) in [4.78, 5) is 8.41. The Labute approximate surface area is 175 Å². The molecule has 5 nitrogen and oxygen atoms in total. The molecule has 0 N–H and O–H groups in total. The molecule has 4 rings (SSSR count). The van der Waals surface area contributed by atoms with E-state index in [-0.39, 0.29) is 0 Å². The smallest absolute Gasteiger partial charge is 0.224 e. The third-order valence-electron chi connectivity index (χ3n) is 4.55. The first-order chi connectivity index (χ1) is 14.8. The summed E-state index contributed by atoms with van der Waals surface area (Å²) in [5.74, 6) is 8.32. The highest BCUT2D eigenvalue weighted by Crippen LogP contribution is 2.25. The average molecular weight is 396 g/mol. The Hall–Kier alpha value is -4.04. The van der Waals surface area contributed by atoms with Gasteiger partial charge < -0.3 is 14.2 Å². The highest BCUT2D eigenvalue weighted by molar-refractivity contribution is 5.84. The molecule has 30 heavy (non-hydrogen) atoms. The van der Waals surface area contributed by atoms with Gasteiger partial charge in [-0.1, -0.05) is 42.2 Å². The fourth-order valence-corrected chi connectivity index (χ4v) is 3.03. The van der Waals surface area contributed by atoms with Crippen LogP contribution in [-0.4, -0.2) is 24.2 Å². The highest BCUT2D eigenvalue weighted by atomic mass is 16.5. The van der Waals surface area contributed by atoms with Gasteiger partial charge in [0.05, 0.1) is 30.7 Å². The molecular formula is C25H20N2O3. The minimum Gasteiger partial charge on any atom is -0.495 e. The van der Waals surface area contributed by atoms with Crippen LogP contribution in [0.15, 0.2) is 73.1 Å². The number of methoxy groups -OCH3 is 2. The molecule has 4 aromatic rings. The van der Waals surface area contributed by atoms with E-state index in [0.717, 1.165) is 33.3 Å². The van der Waals surface area contributed by atoms with Crippen molar-refractivity contribution in [2.45, 2.75) is 6.61 Å². The van der Waals surface area contributed by atoms with Gasteiger partial charge in [-0.15, -0.1) is 0 Å². The molecule has 1 heterocycles. The largest absolute Gasteiger partial charge is 0.495 e. The first-order valence-electron chi connectivity index (χ1n) is 9.42. The zero-order valence-corrected chi connectivity index (χ0v) is 16.8. The second kappa shape index (κ2) is 8.97. The predicted octanol–water partition coefficient (Wildman–Crippen LogP) is 4.63. The number of nitrogens with zero attached hydrogens (tertiary/aromatic N) is 2. The summed E-state index contributed by atoms with van der Waals surface area (Å²) in [6.07, 6.45) is 1.48. The molecule has 5 heteroatoms. The number of benzene rings is 3. The van der Waals surface area contributed by atoms with Crippen molar-refractivity contribution >= 4 is 10.9 Å². The van der Waals surface area contributed by atoms with Gasteiger partial charge in [0.1, 0.15) is 24.4 Å². The van der Waals surface area contributed by atoms with E-state index >= 15 is 0 Å². The topological polar surface area (TPSA) is 53.5 Å². The molecule has 0 spiro atoms. The maximum atomic E-state index is 5.92. The normalized spacial score (nSPS) is 10.2. The fraction of sp³-hybridized carbons (Fsp3) is 0.120. The van der Waals surface area contributed by atoms with E-state index in [0.29, 0.717) is 18.2 Å². The van der Waals surface area contributed by atoms with Crippen LogP contribution in [0.4, 0.5) is 0 Å². The van der Waals surface area contributed by atoms with E-state index in [1.807, 2.05) is 66.7 Å². The van der Waals surface area contributed by atoms with Crippen molar-refractivity contribution in [1.82, 2.24) is 9.97 Å². The van der Waals surface area contributed by atoms with E-state index in [2.05, 4.69) is 21.8 Å². The molecule has 0 bridgehead atoms. The summed E-state index contributed by atoms with van der Waals surface area (Å²) in [7, 11) is 3.22. The van der Waals surface area contributed by atoms with E-state index in [1.165, 1.54) is 6.33 Å². The van der Waals surface area contributed by atoms with Crippen LogP contribution in [0.25, 0.3) is 10.9 Å². The molecule has 0 radical (unpaired) electrons. The van der Waals surface area contributed by atoms with Crippen LogP contribution < -0.4 is 14.2 Å². The third kappa shape index (κ3) is 4.34. The maximum absolute atomic E-state index is 5.92. The molecule has 0 fully saturated rings. The van der Waals surface area contributed by atoms with Gasteiger partial charge >= 0.3 is 0 Å². The Kier molecular flexibility index (Phi) is 5.77. The van der Waals surface area contributed by atoms with Gasteiger partial charge in [0.15, 0.2) is 0 Å². The number of fused-ring (bicyclic) bond motifs is 1. The Morgan fingerprint density at radius 3 is 2.50 bits per heavy atom. The van der Waals surface area contributed by atoms with E-state index < -0.39 is 0 Å². The second-order valence-electron chi connectivity index (χ2n) is 6.50. The molecule has 0 atom stereocenters. The maximum Gasteiger partial charge on any atom is 0.224 e. The lowest BCUT2D eigenvalue weighted by molar-refractivity contribution is 0.305. The first kappa shape index (κ1) is 19.3. The molecule has 0 aliphatic rings. The van der Waals surface area contributed by atoms with Crippen LogP contribution in [0.5, 0.6) is 17.4 Å². The van der Waals surface area contributed by atoms with Crippen molar-refractivity contribution in [3.05, 3.63) is 89.7 Å². The third-order valence-corrected chi connectivity index (χ3v) is 4.55. The highest BCUT2D eigenvalue weighted by Gasteiger charge is 2.06. The standard InChI is InChI=1S/C25H20N2O3/c1-28-24-13-11-21(30-16-19-6-4-3-5-7-19)15-20(24)10-8-18-9-12-23-22(14-18)25(29-2)27-17-26-23/h3-7,9,11-15,17H,16H2,1-2H3. The molecule has 3 aromatic carbocycles. The van der Waals surface area contributed by atoms with E-state index in [4.69, 9.17) is 14.2 Å². The zero-order valence-electron chi connectivity index (χ0n) is 16.8. The summed E-state index contributed by atoms with van der Waals surface area (Å²) in [5.41, 5.74) is 3.49. The lowest BCUT2D eigenvalue weighted by Gasteiger charge is -2.09. The Balaban J connectivity index is 1.61. The van der Waals surface area contributed by atoms with Crippen LogP contribution in [0.2, 0.25) is 0 Å².